The van der Waals surface area contributed by atoms with Gasteiger partial charge >= 0.3 is 11.4 Å². The summed E-state index contributed by atoms with van der Waals surface area (Å²) in [6, 6.07) is 0. The Morgan fingerprint density at radius 3 is 1.80 bits per heavy atom. The van der Waals surface area contributed by atoms with E-state index in [2.05, 4.69) is 16.3 Å². The van der Waals surface area contributed by atoms with E-state index in [0.29, 0.717) is 0 Å². The maximum Gasteiger partial charge on any atom is 0.403 e. The molecule has 0 aliphatic carbocycles. The second-order valence-corrected chi connectivity index (χ2v) is 1.54. The van der Waals surface area contributed by atoms with Crippen molar-refractivity contribution in [3.8, 4) is 0 Å². The van der Waals surface area contributed by atoms with Gasteiger partial charge in [-0.15, -0.1) is 11.6 Å². The van der Waals surface area contributed by atoms with Gasteiger partial charge < -0.3 is 9.84 Å². The first kappa shape index (κ1) is 12.2. The minimum absolute atomic E-state index is 0.306. The Labute approximate surface area is 67.7 Å². The molecule has 60 valence electrons. The molecule has 0 fully saturated rings. The molecule has 0 saturated heterocycles. The number of carboxylic acid groups (broad SMARTS) is 1. The third-order valence-corrected chi connectivity index (χ3v) is 0.658. The van der Waals surface area contributed by atoms with Crippen LogP contribution in [-0.4, -0.2) is 29.5 Å². The highest BCUT2D eigenvalue weighted by Gasteiger charge is 1.83. The summed E-state index contributed by atoms with van der Waals surface area (Å²) in [5, 5.41) is 7.59. The molecule has 10 heavy (non-hydrogen) atoms. The zero-order valence-corrected chi connectivity index (χ0v) is 6.65. The van der Waals surface area contributed by atoms with Gasteiger partial charge in [0.05, 0.1) is 7.11 Å². The molecule has 0 unspecified atom stereocenters. The second kappa shape index (κ2) is 8.52. The fourth-order valence-corrected chi connectivity index (χ4v) is 0. The largest absolute Gasteiger partial charge is 0.480 e. The molecule has 0 aromatic heterocycles. The maximum atomic E-state index is 9.36. The normalized spacial score (nSPS) is 7.10. The van der Waals surface area contributed by atoms with Crippen LogP contribution < -0.4 is 0 Å². The van der Waals surface area contributed by atoms with Crippen molar-refractivity contribution >= 4 is 34.6 Å². The molecule has 0 saturated carbocycles. The SMILES string of the molecule is COC(=O)Cl.O=C(O)CCl. The number of rotatable bonds is 1. The Balaban J connectivity index is 0. The smallest absolute Gasteiger partial charge is 0.403 e. The summed E-state index contributed by atoms with van der Waals surface area (Å²) >= 11 is 9.34. The number of methoxy groups -OCH3 is 1. The highest BCUT2D eigenvalue weighted by molar-refractivity contribution is 6.61. The first-order valence-electron chi connectivity index (χ1n) is 2.05. The number of carbonyl (C=O) groups is 2. The van der Waals surface area contributed by atoms with Crippen molar-refractivity contribution in [3.05, 3.63) is 0 Å². The van der Waals surface area contributed by atoms with Gasteiger partial charge in [-0.05, 0) is 0 Å². The van der Waals surface area contributed by atoms with Gasteiger partial charge in [0.25, 0.3) is 0 Å². The molecular formula is C4H6Cl2O4. The molecule has 0 aliphatic heterocycles. The molecule has 0 bridgehead atoms. The van der Waals surface area contributed by atoms with Gasteiger partial charge in [-0.1, -0.05) is 0 Å². The summed E-state index contributed by atoms with van der Waals surface area (Å²) in [6.45, 7) is 0. The molecule has 6 heteroatoms. The zero-order chi connectivity index (χ0) is 8.57. The minimum atomic E-state index is -0.980. The fourth-order valence-electron chi connectivity index (χ4n) is 0. The average molecular weight is 189 g/mol. The lowest BCUT2D eigenvalue weighted by Gasteiger charge is -1.77. The number of aliphatic carboxylic acids is 1. The topological polar surface area (TPSA) is 63.6 Å². The Morgan fingerprint density at radius 2 is 1.80 bits per heavy atom. The maximum absolute atomic E-state index is 9.36. The number of halogens is 2. The van der Waals surface area contributed by atoms with E-state index < -0.39 is 11.4 Å². The molecular weight excluding hydrogens is 183 g/mol. The zero-order valence-electron chi connectivity index (χ0n) is 5.13. The van der Waals surface area contributed by atoms with Crippen LogP contribution in [0, 0.1) is 0 Å². The number of hydrogen-bond donors (Lipinski definition) is 1. The van der Waals surface area contributed by atoms with Crippen molar-refractivity contribution in [1.82, 2.24) is 0 Å². The lowest BCUT2D eigenvalue weighted by molar-refractivity contribution is -0.134. The van der Waals surface area contributed by atoms with Crippen LogP contribution >= 0.6 is 23.2 Å². The summed E-state index contributed by atoms with van der Waals surface area (Å²) in [7, 11) is 1.22. The predicted octanol–water partition coefficient (Wildman–Crippen LogP) is 1.30. The molecule has 0 aromatic rings. The van der Waals surface area contributed by atoms with Gasteiger partial charge in [-0.2, -0.15) is 0 Å². The molecule has 4 nitrogen and oxygen atoms in total. The van der Waals surface area contributed by atoms with Crippen LogP contribution in [0.1, 0.15) is 0 Å². The van der Waals surface area contributed by atoms with Gasteiger partial charge in [0.1, 0.15) is 5.88 Å². The van der Waals surface area contributed by atoms with Crippen molar-refractivity contribution < 1.29 is 19.4 Å². The van der Waals surface area contributed by atoms with Crippen LogP contribution in [-0.2, 0) is 9.53 Å². The number of ether oxygens (including phenoxy) is 1. The molecule has 0 spiro atoms. The first-order valence-corrected chi connectivity index (χ1v) is 2.97. The van der Waals surface area contributed by atoms with Gasteiger partial charge in [-0.25, -0.2) is 4.79 Å². The lowest BCUT2D eigenvalue weighted by atomic mass is 10.8. The van der Waals surface area contributed by atoms with Crippen molar-refractivity contribution in [2.24, 2.45) is 0 Å². The summed E-state index contributed by atoms with van der Waals surface area (Å²) in [5.74, 6) is -1.29. The van der Waals surface area contributed by atoms with Gasteiger partial charge in [0.2, 0.25) is 0 Å². The summed E-state index contributed by atoms with van der Waals surface area (Å²) in [4.78, 5) is 18.6. The highest BCUT2D eigenvalue weighted by atomic mass is 35.5. The molecule has 0 radical (unpaired) electrons. The van der Waals surface area contributed by atoms with E-state index in [1.165, 1.54) is 7.11 Å². The third-order valence-electron chi connectivity index (χ3n) is 0.275. The van der Waals surface area contributed by atoms with Crippen molar-refractivity contribution in [3.63, 3.8) is 0 Å². The molecule has 0 amide bonds. The lowest BCUT2D eigenvalue weighted by Crippen LogP contribution is -1.92. The molecule has 0 aliphatic rings. The summed E-state index contributed by atoms with van der Waals surface area (Å²) in [5.41, 5.74) is -0.773. The van der Waals surface area contributed by atoms with Crippen molar-refractivity contribution in [1.29, 1.82) is 0 Å². The standard InChI is InChI=1S/2C2H3ClO2/c1-5-2(3)4;3-1-2(4)5/h1H3;1H2,(H,4,5). The van der Waals surface area contributed by atoms with Crippen LogP contribution in [0.5, 0.6) is 0 Å². The summed E-state index contributed by atoms with van der Waals surface area (Å²) in [6.07, 6.45) is 0. The predicted molar refractivity (Wildman–Crippen MR) is 36.6 cm³/mol. The Hall–Kier alpha value is -0.480. The van der Waals surface area contributed by atoms with Crippen molar-refractivity contribution in [2.75, 3.05) is 13.0 Å². The quantitative estimate of drug-likeness (QED) is 0.498. The number of carbonyl (C=O) groups excluding carboxylic acids is 1. The van der Waals surface area contributed by atoms with Crippen LogP contribution in [0.15, 0.2) is 0 Å². The second-order valence-electron chi connectivity index (χ2n) is 0.969. The molecule has 0 aromatic carbocycles. The first-order chi connectivity index (χ1) is 4.54. The number of alkyl halides is 1. The molecule has 0 heterocycles. The van der Waals surface area contributed by atoms with Gasteiger partial charge in [0.15, 0.2) is 0 Å². The van der Waals surface area contributed by atoms with E-state index in [-0.39, 0.29) is 5.88 Å². The van der Waals surface area contributed by atoms with Crippen molar-refractivity contribution in [2.45, 2.75) is 0 Å². The van der Waals surface area contributed by atoms with E-state index in [0.717, 1.165) is 0 Å². The third kappa shape index (κ3) is 25.8. The Morgan fingerprint density at radius 1 is 1.60 bits per heavy atom. The van der Waals surface area contributed by atoms with Gasteiger partial charge in [0, 0.05) is 11.6 Å². The average Bonchev–Trinajstić information content (AvgIpc) is 1.89. The van der Waals surface area contributed by atoms with E-state index in [9.17, 15) is 9.59 Å². The summed E-state index contributed by atoms with van der Waals surface area (Å²) < 4.78 is 3.88. The highest BCUT2D eigenvalue weighted by Crippen LogP contribution is 1.78. The molecule has 0 atom stereocenters. The van der Waals surface area contributed by atoms with E-state index >= 15 is 0 Å². The van der Waals surface area contributed by atoms with E-state index in [4.69, 9.17) is 16.7 Å². The Kier molecular flexibility index (Phi) is 10.4. The van der Waals surface area contributed by atoms with Gasteiger partial charge in [-0.3, -0.25) is 4.79 Å². The fraction of sp³-hybridized carbons (Fsp3) is 0.500. The number of hydrogen-bond acceptors (Lipinski definition) is 3. The Bertz CT molecular complexity index is 99.8. The van der Waals surface area contributed by atoms with E-state index in [1.807, 2.05) is 0 Å². The van der Waals surface area contributed by atoms with Crippen LogP contribution in [0.25, 0.3) is 0 Å². The minimum Gasteiger partial charge on any atom is -0.480 e. The number of carboxylic acids is 1. The van der Waals surface area contributed by atoms with E-state index in [1.54, 1.807) is 0 Å². The van der Waals surface area contributed by atoms with Crippen LogP contribution in [0.4, 0.5) is 4.79 Å². The monoisotopic (exact) mass is 188 g/mol. The van der Waals surface area contributed by atoms with Crippen LogP contribution in [0.2, 0.25) is 0 Å². The van der Waals surface area contributed by atoms with Crippen LogP contribution in [0.3, 0.4) is 0 Å². The molecule has 0 rings (SSSR count). The molecule has 1 N–H and O–H groups in total.